The lowest BCUT2D eigenvalue weighted by Gasteiger charge is -2.07. The highest BCUT2D eigenvalue weighted by Crippen LogP contribution is 2.11. The molecule has 7 heteroatoms. The first kappa shape index (κ1) is 13.2. The van der Waals surface area contributed by atoms with Crippen molar-refractivity contribution in [1.29, 1.82) is 0 Å². The van der Waals surface area contributed by atoms with E-state index < -0.39 is 25.2 Å². The van der Waals surface area contributed by atoms with Crippen molar-refractivity contribution in [1.82, 2.24) is 5.32 Å². The first-order chi connectivity index (χ1) is 6.45. The maximum Gasteiger partial charge on any atom is 0.401 e. The van der Waals surface area contributed by atoms with Gasteiger partial charge in [-0.1, -0.05) is 0 Å². The van der Waals surface area contributed by atoms with Crippen molar-refractivity contribution in [3.63, 3.8) is 0 Å². The fourth-order valence-electron chi connectivity index (χ4n) is 0.596. The lowest BCUT2D eigenvalue weighted by molar-refractivity contribution is -0.145. The van der Waals surface area contributed by atoms with Crippen LogP contribution in [0.3, 0.4) is 0 Å². The summed E-state index contributed by atoms with van der Waals surface area (Å²) in [5.74, 6) is -0.730. The molecule has 0 radical (unpaired) electrons. The second-order valence-corrected chi connectivity index (χ2v) is 2.43. The summed E-state index contributed by atoms with van der Waals surface area (Å²) in [5.41, 5.74) is 0. The maximum atomic E-state index is 11.6. The number of esters is 1. The normalized spacial score (nSPS) is 11.4. The van der Waals surface area contributed by atoms with E-state index in [0.29, 0.717) is 0 Å². The van der Waals surface area contributed by atoms with Gasteiger partial charge >= 0.3 is 12.1 Å². The van der Waals surface area contributed by atoms with Crippen molar-refractivity contribution in [2.75, 3.05) is 33.4 Å². The van der Waals surface area contributed by atoms with Gasteiger partial charge < -0.3 is 9.47 Å². The zero-order valence-corrected chi connectivity index (χ0v) is 7.69. The summed E-state index contributed by atoms with van der Waals surface area (Å²) in [5, 5.41) is 1.91. The smallest absolute Gasteiger partial charge is 0.401 e. The van der Waals surface area contributed by atoms with Gasteiger partial charge in [-0.25, -0.2) is 0 Å². The summed E-state index contributed by atoms with van der Waals surface area (Å²) in [6.07, 6.45) is -4.31. The minimum absolute atomic E-state index is 0.0447. The Balaban J connectivity index is 3.36. The van der Waals surface area contributed by atoms with Gasteiger partial charge in [0.1, 0.15) is 6.61 Å². The van der Waals surface area contributed by atoms with Crippen molar-refractivity contribution < 1.29 is 27.4 Å². The number of carbonyl (C=O) groups excluding carboxylic acids is 1. The second kappa shape index (κ2) is 6.61. The molecule has 0 aromatic heterocycles. The van der Waals surface area contributed by atoms with Crippen LogP contribution in [0.15, 0.2) is 0 Å². The zero-order valence-electron chi connectivity index (χ0n) is 7.69. The highest BCUT2D eigenvalue weighted by molar-refractivity contribution is 5.71. The average molecular weight is 215 g/mol. The summed E-state index contributed by atoms with van der Waals surface area (Å²) in [6.45, 7) is -1.39. The molecule has 0 bridgehead atoms. The SMILES string of the molecule is COCCOC(=O)CNCC(F)(F)F. The Kier molecular flexibility index (Phi) is 6.22. The number of ether oxygens (including phenoxy) is 2. The Bertz CT molecular complexity index is 172. The molecule has 0 heterocycles. The van der Waals surface area contributed by atoms with Crippen LogP contribution in [-0.2, 0) is 14.3 Å². The van der Waals surface area contributed by atoms with Crippen molar-refractivity contribution in [3.8, 4) is 0 Å². The largest absolute Gasteiger partial charge is 0.462 e. The van der Waals surface area contributed by atoms with Gasteiger partial charge in [0.05, 0.1) is 19.7 Å². The van der Waals surface area contributed by atoms with Crippen LogP contribution in [0, 0.1) is 0 Å². The van der Waals surface area contributed by atoms with Crippen molar-refractivity contribution in [2.45, 2.75) is 6.18 Å². The minimum atomic E-state index is -4.31. The molecule has 0 atom stereocenters. The average Bonchev–Trinajstić information content (AvgIpc) is 2.02. The monoisotopic (exact) mass is 215 g/mol. The molecule has 4 nitrogen and oxygen atoms in total. The topological polar surface area (TPSA) is 47.6 Å². The molecule has 14 heavy (non-hydrogen) atoms. The highest BCUT2D eigenvalue weighted by Gasteiger charge is 2.26. The van der Waals surface area contributed by atoms with Crippen LogP contribution in [0.25, 0.3) is 0 Å². The molecule has 0 rings (SSSR count). The summed E-state index contributed by atoms with van der Waals surface area (Å²) < 4.78 is 43.8. The van der Waals surface area contributed by atoms with Gasteiger partial charge in [-0.2, -0.15) is 13.2 Å². The summed E-state index contributed by atoms with van der Waals surface area (Å²) in [7, 11) is 1.43. The molecule has 1 N–H and O–H groups in total. The lowest BCUT2D eigenvalue weighted by Crippen LogP contribution is -2.33. The van der Waals surface area contributed by atoms with Crippen LogP contribution in [0.1, 0.15) is 0 Å². The minimum Gasteiger partial charge on any atom is -0.462 e. The van der Waals surface area contributed by atoms with E-state index in [4.69, 9.17) is 0 Å². The Morgan fingerprint density at radius 2 is 2.00 bits per heavy atom. The Morgan fingerprint density at radius 3 is 2.50 bits per heavy atom. The molecule has 0 aromatic carbocycles. The molecule has 0 aliphatic rings. The van der Waals surface area contributed by atoms with Gasteiger partial charge in [-0.3, -0.25) is 10.1 Å². The van der Waals surface area contributed by atoms with E-state index in [1.54, 1.807) is 0 Å². The van der Waals surface area contributed by atoms with E-state index >= 15 is 0 Å². The number of alkyl halides is 3. The van der Waals surface area contributed by atoms with Gasteiger partial charge in [0.2, 0.25) is 0 Å². The van der Waals surface area contributed by atoms with Crippen molar-refractivity contribution >= 4 is 5.97 Å². The summed E-state index contributed by atoms with van der Waals surface area (Å²) in [4.78, 5) is 10.7. The molecule has 0 aromatic rings. The lowest BCUT2D eigenvalue weighted by atomic mass is 10.5. The molecule has 0 aliphatic heterocycles. The van der Waals surface area contributed by atoms with Crippen LogP contribution < -0.4 is 5.32 Å². The van der Waals surface area contributed by atoms with E-state index in [1.807, 2.05) is 5.32 Å². The van der Waals surface area contributed by atoms with E-state index in [2.05, 4.69) is 9.47 Å². The molecule has 0 unspecified atom stereocenters. The molecular formula is C7H12F3NO3. The fourth-order valence-corrected chi connectivity index (χ4v) is 0.596. The molecule has 0 saturated heterocycles. The zero-order chi connectivity index (χ0) is 11.0. The third kappa shape index (κ3) is 9.27. The fraction of sp³-hybridized carbons (Fsp3) is 0.857. The van der Waals surface area contributed by atoms with Crippen LogP contribution in [0.2, 0.25) is 0 Å². The first-order valence-electron chi connectivity index (χ1n) is 3.88. The molecule has 84 valence electrons. The van der Waals surface area contributed by atoms with Crippen LogP contribution in [-0.4, -0.2) is 45.6 Å². The Hall–Kier alpha value is -0.820. The van der Waals surface area contributed by atoms with Crippen molar-refractivity contribution in [2.24, 2.45) is 0 Å². The number of rotatable bonds is 6. The summed E-state index contributed by atoms with van der Waals surface area (Å²) >= 11 is 0. The number of methoxy groups -OCH3 is 1. The van der Waals surface area contributed by atoms with E-state index in [-0.39, 0.29) is 13.2 Å². The molecule has 0 fully saturated rings. The Morgan fingerprint density at radius 1 is 1.36 bits per heavy atom. The van der Waals surface area contributed by atoms with Gasteiger partial charge in [-0.15, -0.1) is 0 Å². The quantitative estimate of drug-likeness (QED) is 0.512. The van der Waals surface area contributed by atoms with E-state index in [1.165, 1.54) is 7.11 Å². The first-order valence-corrected chi connectivity index (χ1v) is 3.88. The number of carbonyl (C=O) groups is 1. The van der Waals surface area contributed by atoms with E-state index in [9.17, 15) is 18.0 Å². The third-order valence-corrected chi connectivity index (χ3v) is 1.15. The molecular weight excluding hydrogens is 203 g/mol. The second-order valence-electron chi connectivity index (χ2n) is 2.43. The van der Waals surface area contributed by atoms with Crippen molar-refractivity contribution in [3.05, 3.63) is 0 Å². The van der Waals surface area contributed by atoms with Crippen LogP contribution >= 0.6 is 0 Å². The third-order valence-electron chi connectivity index (χ3n) is 1.15. The molecule has 0 amide bonds. The van der Waals surface area contributed by atoms with Crippen LogP contribution in [0.5, 0.6) is 0 Å². The van der Waals surface area contributed by atoms with E-state index in [0.717, 1.165) is 0 Å². The highest BCUT2D eigenvalue weighted by atomic mass is 19.4. The Labute approximate surface area is 79.4 Å². The maximum absolute atomic E-state index is 11.6. The van der Waals surface area contributed by atoms with Gasteiger partial charge in [0.25, 0.3) is 0 Å². The standard InChI is InChI=1S/C7H12F3NO3/c1-13-2-3-14-6(12)4-11-5-7(8,9)10/h11H,2-5H2,1H3. The molecule has 0 saturated carbocycles. The number of halogens is 3. The molecule has 0 spiro atoms. The number of nitrogens with one attached hydrogen (secondary N) is 1. The molecule has 0 aliphatic carbocycles. The predicted molar refractivity (Wildman–Crippen MR) is 41.8 cm³/mol. The van der Waals surface area contributed by atoms with Gasteiger partial charge in [-0.05, 0) is 0 Å². The van der Waals surface area contributed by atoms with Crippen LogP contribution in [0.4, 0.5) is 13.2 Å². The predicted octanol–water partition coefficient (Wildman–Crippen LogP) is 0.328. The summed E-state index contributed by atoms with van der Waals surface area (Å²) in [6, 6.07) is 0. The number of hydrogen-bond donors (Lipinski definition) is 1. The van der Waals surface area contributed by atoms with Gasteiger partial charge in [0, 0.05) is 7.11 Å². The van der Waals surface area contributed by atoms with Gasteiger partial charge in [0.15, 0.2) is 0 Å². The number of hydrogen-bond acceptors (Lipinski definition) is 4.